The normalized spacial score (nSPS) is 11.8. The minimum atomic E-state index is -0.115. The van der Waals surface area contributed by atoms with Crippen molar-refractivity contribution < 1.29 is 14.1 Å². The van der Waals surface area contributed by atoms with Gasteiger partial charge in [-0.25, -0.2) is 0 Å². The molecule has 1 N–H and O–H groups in total. The van der Waals surface area contributed by atoms with E-state index in [0.717, 1.165) is 34.0 Å². The molecule has 1 atom stereocenters. The zero-order chi connectivity index (χ0) is 19.9. The topological polar surface area (TPSA) is 77.2 Å². The summed E-state index contributed by atoms with van der Waals surface area (Å²) in [5, 5.41) is 6.97. The minimum absolute atomic E-state index is 0.00712. The third-order valence-electron chi connectivity index (χ3n) is 4.63. The summed E-state index contributed by atoms with van der Waals surface area (Å²) in [6.45, 7) is 6.13. The number of pyridine rings is 1. The highest BCUT2D eigenvalue weighted by Crippen LogP contribution is 2.20. The van der Waals surface area contributed by atoms with Gasteiger partial charge in [0.15, 0.2) is 0 Å². The molecule has 6 heteroatoms. The molecule has 0 radical (unpaired) electrons. The molecule has 3 aromatic rings. The maximum atomic E-state index is 12.3. The van der Waals surface area contributed by atoms with Crippen LogP contribution in [-0.2, 0) is 17.8 Å². The Kier molecular flexibility index (Phi) is 6.42. The molecule has 1 amide bonds. The number of aryl methyl sites for hydroxylation is 2. The largest absolute Gasteiger partial charge is 0.487 e. The Bertz CT molecular complexity index is 902. The number of amides is 1. The predicted molar refractivity (Wildman–Crippen MR) is 106 cm³/mol. The molecule has 2 aromatic heterocycles. The first-order valence-corrected chi connectivity index (χ1v) is 9.36. The molecule has 6 nitrogen and oxygen atoms in total. The van der Waals surface area contributed by atoms with Crippen molar-refractivity contribution in [2.75, 3.05) is 0 Å². The molecule has 146 valence electrons. The molecule has 0 unspecified atom stereocenters. The van der Waals surface area contributed by atoms with E-state index in [9.17, 15) is 4.79 Å². The Morgan fingerprint density at radius 3 is 2.79 bits per heavy atom. The molecule has 0 aliphatic rings. The summed E-state index contributed by atoms with van der Waals surface area (Å²) in [6.07, 6.45) is 2.76. The van der Waals surface area contributed by atoms with Crippen molar-refractivity contribution in [3.05, 3.63) is 76.9 Å². The summed E-state index contributed by atoms with van der Waals surface area (Å²) >= 11 is 0. The number of nitrogens with one attached hydrogen (secondary N) is 1. The van der Waals surface area contributed by atoms with Crippen LogP contribution in [0.2, 0.25) is 0 Å². The van der Waals surface area contributed by atoms with Crippen LogP contribution >= 0.6 is 0 Å². The smallest absolute Gasteiger partial charge is 0.220 e. The number of carbonyl (C=O) groups is 1. The fourth-order valence-corrected chi connectivity index (χ4v) is 3.01. The standard InChI is InChI=1S/C22H25N3O3/c1-15(24-22(26)11-10-21-16(2)25-28-17(21)3)18-7-6-9-20(13-18)27-14-19-8-4-5-12-23-19/h4-9,12-13,15H,10-11,14H2,1-3H3,(H,24,26)/t15-/m0/s1. The Labute approximate surface area is 164 Å². The Hall–Kier alpha value is -3.15. The molecule has 0 bridgehead atoms. The van der Waals surface area contributed by atoms with Crippen LogP contribution in [0.1, 0.15) is 47.7 Å². The second kappa shape index (κ2) is 9.17. The molecule has 0 fully saturated rings. The molecule has 0 aliphatic heterocycles. The highest BCUT2D eigenvalue weighted by Gasteiger charge is 2.14. The number of hydrogen-bond donors (Lipinski definition) is 1. The van der Waals surface area contributed by atoms with Crippen molar-refractivity contribution in [1.82, 2.24) is 15.5 Å². The van der Waals surface area contributed by atoms with Gasteiger partial charge in [-0.2, -0.15) is 0 Å². The van der Waals surface area contributed by atoms with Gasteiger partial charge in [0, 0.05) is 18.2 Å². The second-order valence-corrected chi connectivity index (χ2v) is 6.77. The van der Waals surface area contributed by atoms with Gasteiger partial charge in [-0.1, -0.05) is 23.4 Å². The van der Waals surface area contributed by atoms with E-state index in [1.165, 1.54) is 0 Å². The van der Waals surface area contributed by atoms with Gasteiger partial charge in [0.05, 0.1) is 17.4 Å². The van der Waals surface area contributed by atoms with Crippen LogP contribution in [0.25, 0.3) is 0 Å². The van der Waals surface area contributed by atoms with Crippen molar-refractivity contribution in [3.8, 4) is 5.75 Å². The van der Waals surface area contributed by atoms with Gasteiger partial charge in [-0.15, -0.1) is 0 Å². The Balaban J connectivity index is 1.53. The number of rotatable bonds is 8. The quantitative estimate of drug-likeness (QED) is 0.638. The minimum Gasteiger partial charge on any atom is -0.487 e. The van der Waals surface area contributed by atoms with Crippen molar-refractivity contribution in [2.24, 2.45) is 0 Å². The average Bonchev–Trinajstić information content (AvgIpc) is 3.03. The van der Waals surface area contributed by atoms with Crippen LogP contribution < -0.4 is 10.1 Å². The molecule has 0 saturated carbocycles. The first-order valence-electron chi connectivity index (χ1n) is 9.36. The Morgan fingerprint density at radius 1 is 1.21 bits per heavy atom. The van der Waals surface area contributed by atoms with E-state index in [2.05, 4.69) is 15.5 Å². The van der Waals surface area contributed by atoms with Crippen LogP contribution in [0.5, 0.6) is 5.75 Å². The molecule has 28 heavy (non-hydrogen) atoms. The lowest BCUT2D eigenvalue weighted by Gasteiger charge is -2.16. The van der Waals surface area contributed by atoms with Gasteiger partial charge >= 0.3 is 0 Å². The van der Waals surface area contributed by atoms with Crippen LogP contribution in [-0.4, -0.2) is 16.0 Å². The van der Waals surface area contributed by atoms with Crippen LogP contribution in [0.4, 0.5) is 0 Å². The molecule has 0 spiro atoms. The lowest BCUT2D eigenvalue weighted by atomic mass is 10.1. The SMILES string of the molecule is Cc1noc(C)c1CCC(=O)N[C@@H](C)c1cccc(OCc2ccccn2)c1. The number of hydrogen-bond acceptors (Lipinski definition) is 5. The van der Waals surface area contributed by atoms with Crippen LogP contribution in [0, 0.1) is 13.8 Å². The van der Waals surface area contributed by atoms with E-state index >= 15 is 0 Å². The van der Waals surface area contributed by atoms with Crippen LogP contribution in [0.3, 0.4) is 0 Å². The maximum Gasteiger partial charge on any atom is 0.220 e. The summed E-state index contributed by atoms with van der Waals surface area (Å²) in [6, 6.07) is 13.4. The second-order valence-electron chi connectivity index (χ2n) is 6.77. The van der Waals surface area contributed by atoms with Crippen molar-refractivity contribution in [3.63, 3.8) is 0 Å². The zero-order valence-corrected chi connectivity index (χ0v) is 16.4. The fraction of sp³-hybridized carbons (Fsp3) is 0.318. The molecular weight excluding hydrogens is 354 g/mol. The van der Waals surface area contributed by atoms with Crippen molar-refractivity contribution >= 4 is 5.91 Å². The van der Waals surface area contributed by atoms with E-state index in [4.69, 9.17) is 9.26 Å². The number of nitrogens with zero attached hydrogens (tertiary/aromatic N) is 2. The Morgan fingerprint density at radius 2 is 2.07 bits per heavy atom. The summed E-state index contributed by atoms with van der Waals surface area (Å²) in [4.78, 5) is 16.6. The lowest BCUT2D eigenvalue weighted by Crippen LogP contribution is -2.26. The summed E-state index contributed by atoms with van der Waals surface area (Å²) < 4.78 is 11.0. The monoisotopic (exact) mass is 379 g/mol. The number of carbonyl (C=O) groups excluding carboxylic acids is 1. The molecule has 0 saturated heterocycles. The van der Waals surface area contributed by atoms with Gasteiger partial charge in [-0.3, -0.25) is 9.78 Å². The molecular formula is C22H25N3O3. The fourth-order valence-electron chi connectivity index (χ4n) is 3.01. The summed E-state index contributed by atoms with van der Waals surface area (Å²) in [5.41, 5.74) is 3.71. The van der Waals surface area contributed by atoms with E-state index in [-0.39, 0.29) is 11.9 Å². The third kappa shape index (κ3) is 5.19. The van der Waals surface area contributed by atoms with Crippen molar-refractivity contribution in [1.29, 1.82) is 0 Å². The summed E-state index contributed by atoms with van der Waals surface area (Å²) in [7, 11) is 0. The first-order chi connectivity index (χ1) is 13.5. The average molecular weight is 379 g/mol. The number of benzene rings is 1. The first kappa shape index (κ1) is 19.6. The highest BCUT2D eigenvalue weighted by atomic mass is 16.5. The maximum absolute atomic E-state index is 12.3. The zero-order valence-electron chi connectivity index (χ0n) is 16.4. The van der Waals surface area contributed by atoms with Gasteiger partial charge in [-0.05, 0) is 57.0 Å². The van der Waals surface area contributed by atoms with E-state index in [1.807, 2.05) is 63.2 Å². The van der Waals surface area contributed by atoms with Gasteiger partial charge in [0.2, 0.25) is 5.91 Å². The van der Waals surface area contributed by atoms with E-state index in [0.29, 0.717) is 19.4 Å². The summed E-state index contributed by atoms with van der Waals surface area (Å²) in [5.74, 6) is 1.52. The third-order valence-corrected chi connectivity index (χ3v) is 4.63. The van der Waals surface area contributed by atoms with Crippen LogP contribution in [0.15, 0.2) is 53.2 Å². The molecule has 0 aliphatic carbocycles. The predicted octanol–water partition coefficient (Wildman–Crippen LogP) is 4.08. The molecule has 2 heterocycles. The van der Waals surface area contributed by atoms with Gasteiger partial charge < -0.3 is 14.6 Å². The number of aromatic nitrogens is 2. The number of ether oxygens (including phenoxy) is 1. The van der Waals surface area contributed by atoms with Gasteiger partial charge in [0.1, 0.15) is 18.1 Å². The lowest BCUT2D eigenvalue weighted by molar-refractivity contribution is -0.121. The highest BCUT2D eigenvalue weighted by molar-refractivity contribution is 5.76. The molecule has 1 aromatic carbocycles. The van der Waals surface area contributed by atoms with E-state index in [1.54, 1.807) is 6.20 Å². The van der Waals surface area contributed by atoms with Gasteiger partial charge in [0.25, 0.3) is 0 Å². The van der Waals surface area contributed by atoms with Crippen molar-refractivity contribution in [2.45, 2.75) is 46.3 Å². The molecule has 3 rings (SSSR count). The van der Waals surface area contributed by atoms with E-state index < -0.39 is 0 Å².